The summed E-state index contributed by atoms with van der Waals surface area (Å²) in [6.45, 7) is 4.32. The molecule has 0 aliphatic carbocycles. The number of rotatable bonds is 1. The van der Waals surface area contributed by atoms with Gasteiger partial charge in [0.15, 0.2) is 0 Å². The molecule has 2 aliphatic rings. The Morgan fingerprint density at radius 3 is 3.00 bits per heavy atom. The van der Waals surface area contributed by atoms with E-state index >= 15 is 0 Å². The number of para-hydroxylation sites is 1. The minimum atomic E-state index is 0.325. The van der Waals surface area contributed by atoms with E-state index < -0.39 is 0 Å². The fourth-order valence-corrected chi connectivity index (χ4v) is 2.51. The lowest BCUT2D eigenvalue weighted by molar-refractivity contribution is 0.545. The van der Waals surface area contributed by atoms with Crippen molar-refractivity contribution in [1.29, 1.82) is 0 Å². The van der Waals surface area contributed by atoms with Gasteiger partial charge in [-0.3, -0.25) is 0 Å². The van der Waals surface area contributed by atoms with Crippen molar-refractivity contribution in [3.63, 3.8) is 0 Å². The summed E-state index contributed by atoms with van der Waals surface area (Å²) in [5, 5.41) is 3.46. The Balaban J connectivity index is 1.92. The number of fused-ring (bicyclic) bond motifs is 1. The van der Waals surface area contributed by atoms with Crippen LogP contribution in [-0.4, -0.2) is 13.1 Å². The first-order chi connectivity index (χ1) is 7.84. The highest BCUT2D eigenvalue weighted by atomic mass is 15.4. The highest BCUT2D eigenvalue weighted by Gasteiger charge is 2.26. The van der Waals surface area contributed by atoms with E-state index in [-0.39, 0.29) is 0 Å². The molecule has 1 unspecified atom stereocenters. The molecule has 0 amide bonds. The van der Waals surface area contributed by atoms with Crippen LogP contribution in [0.5, 0.6) is 0 Å². The van der Waals surface area contributed by atoms with Gasteiger partial charge in [0, 0.05) is 13.1 Å². The monoisotopic (exact) mass is 215 g/mol. The zero-order chi connectivity index (χ0) is 11.0. The summed E-state index contributed by atoms with van der Waals surface area (Å²) < 4.78 is 0. The normalized spacial score (nSPS) is 28.2. The molecule has 2 heterocycles. The van der Waals surface area contributed by atoms with Gasteiger partial charge in [-0.2, -0.15) is 0 Å². The summed E-state index contributed by atoms with van der Waals surface area (Å²) in [6, 6.07) is 8.79. The predicted molar refractivity (Wildman–Crippen MR) is 66.1 cm³/mol. The van der Waals surface area contributed by atoms with Crippen LogP contribution in [0.25, 0.3) is 0 Å². The van der Waals surface area contributed by atoms with E-state index in [1.165, 1.54) is 16.8 Å². The number of hydrogen-bond donors (Lipinski definition) is 3. The summed E-state index contributed by atoms with van der Waals surface area (Å²) in [6.07, 6.45) is 2.39. The van der Waals surface area contributed by atoms with E-state index in [2.05, 4.69) is 53.4 Å². The number of anilines is 1. The number of nitrogens with one attached hydrogen (secondary N) is 3. The Labute approximate surface area is 95.9 Å². The molecular formula is C13H17N3. The van der Waals surface area contributed by atoms with Crippen molar-refractivity contribution in [2.24, 2.45) is 5.92 Å². The lowest BCUT2D eigenvalue weighted by Crippen LogP contribution is -2.33. The van der Waals surface area contributed by atoms with Gasteiger partial charge in [0.25, 0.3) is 0 Å². The molecule has 0 aromatic heterocycles. The van der Waals surface area contributed by atoms with Crippen LogP contribution in [0.4, 0.5) is 5.69 Å². The third-order valence-corrected chi connectivity index (χ3v) is 3.29. The second-order valence-electron chi connectivity index (χ2n) is 4.64. The van der Waals surface area contributed by atoms with Crippen LogP contribution in [0, 0.1) is 5.92 Å². The topological polar surface area (TPSA) is 36.1 Å². The van der Waals surface area contributed by atoms with Crippen molar-refractivity contribution < 1.29 is 0 Å². The van der Waals surface area contributed by atoms with Crippen LogP contribution in [0.15, 0.2) is 35.9 Å². The van der Waals surface area contributed by atoms with Crippen LogP contribution in [0.1, 0.15) is 18.5 Å². The van der Waals surface area contributed by atoms with Gasteiger partial charge in [-0.15, -0.1) is 0 Å². The first-order valence-electron chi connectivity index (χ1n) is 5.86. The third-order valence-electron chi connectivity index (χ3n) is 3.29. The standard InChI is InChI=1S/C13H17N3/c1-9-6-10(8-14-7-9)13-11-4-2-3-5-12(11)15-16-13/h2-6,9,13-16H,7-8H2,1H3/t9-,13?/m1/s1. The minimum Gasteiger partial charge on any atom is -0.320 e. The minimum absolute atomic E-state index is 0.325. The maximum absolute atomic E-state index is 3.46. The Morgan fingerprint density at radius 1 is 1.25 bits per heavy atom. The lowest BCUT2D eigenvalue weighted by Gasteiger charge is -2.23. The van der Waals surface area contributed by atoms with Crippen molar-refractivity contribution in [3.8, 4) is 0 Å². The summed E-state index contributed by atoms with van der Waals surface area (Å²) in [5.74, 6) is 0.623. The van der Waals surface area contributed by atoms with Gasteiger partial charge in [0.2, 0.25) is 0 Å². The summed E-state index contributed by atoms with van der Waals surface area (Å²) in [4.78, 5) is 0. The molecule has 0 spiro atoms. The SMILES string of the molecule is C[C@@H]1C=C(C2NNc3ccccc32)CNC1. The largest absolute Gasteiger partial charge is 0.320 e. The zero-order valence-corrected chi connectivity index (χ0v) is 9.46. The van der Waals surface area contributed by atoms with Crippen LogP contribution >= 0.6 is 0 Å². The van der Waals surface area contributed by atoms with Crippen LogP contribution in [-0.2, 0) is 0 Å². The number of hydrogen-bond acceptors (Lipinski definition) is 3. The zero-order valence-electron chi connectivity index (χ0n) is 9.46. The van der Waals surface area contributed by atoms with Gasteiger partial charge in [0.05, 0.1) is 11.7 Å². The first kappa shape index (κ1) is 9.87. The maximum Gasteiger partial charge on any atom is 0.0753 e. The van der Waals surface area contributed by atoms with Gasteiger partial charge >= 0.3 is 0 Å². The highest BCUT2D eigenvalue weighted by Crippen LogP contribution is 2.33. The van der Waals surface area contributed by atoms with Gasteiger partial charge in [-0.1, -0.05) is 31.2 Å². The number of benzene rings is 1. The van der Waals surface area contributed by atoms with Crippen molar-refractivity contribution >= 4 is 5.69 Å². The van der Waals surface area contributed by atoms with E-state index in [4.69, 9.17) is 0 Å². The van der Waals surface area contributed by atoms with Gasteiger partial charge in [-0.05, 0) is 23.1 Å². The fourth-order valence-electron chi connectivity index (χ4n) is 2.51. The molecule has 0 fully saturated rings. The molecule has 3 nitrogen and oxygen atoms in total. The fraction of sp³-hybridized carbons (Fsp3) is 0.385. The van der Waals surface area contributed by atoms with Crippen molar-refractivity contribution in [1.82, 2.24) is 10.7 Å². The summed E-state index contributed by atoms with van der Waals surface area (Å²) >= 11 is 0. The highest BCUT2D eigenvalue weighted by molar-refractivity contribution is 5.58. The van der Waals surface area contributed by atoms with Gasteiger partial charge in [-0.25, -0.2) is 5.43 Å². The molecule has 1 aromatic carbocycles. The van der Waals surface area contributed by atoms with E-state index in [1.807, 2.05) is 0 Å². The van der Waals surface area contributed by atoms with Crippen LogP contribution in [0.3, 0.4) is 0 Å². The smallest absolute Gasteiger partial charge is 0.0753 e. The molecule has 2 aliphatic heterocycles. The Morgan fingerprint density at radius 2 is 2.12 bits per heavy atom. The molecule has 84 valence electrons. The summed E-state index contributed by atoms with van der Waals surface area (Å²) in [7, 11) is 0. The number of hydrazine groups is 1. The van der Waals surface area contributed by atoms with Crippen LogP contribution < -0.4 is 16.2 Å². The molecule has 3 rings (SSSR count). The van der Waals surface area contributed by atoms with E-state index in [1.54, 1.807) is 0 Å². The molecule has 0 bridgehead atoms. The lowest BCUT2D eigenvalue weighted by atomic mass is 9.93. The average Bonchev–Trinajstić information content (AvgIpc) is 2.72. The molecule has 0 saturated heterocycles. The third kappa shape index (κ3) is 1.62. The van der Waals surface area contributed by atoms with Gasteiger partial charge < -0.3 is 10.7 Å². The molecule has 16 heavy (non-hydrogen) atoms. The molecular weight excluding hydrogens is 198 g/mol. The van der Waals surface area contributed by atoms with E-state index in [0.29, 0.717) is 12.0 Å². The second-order valence-corrected chi connectivity index (χ2v) is 4.64. The van der Waals surface area contributed by atoms with E-state index in [0.717, 1.165) is 13.1 Å². The Kier molecular flexibility index (Phi) is 2.42. The molecule has 3 heteroatoms. The quantitative estimate of drug-likeness (QED) is 0.625. The Bertz CT molecular complexity index is 425. The van der Waals surface area contributed by atoms with E-state index in [9.17, 15) is 0 Å². The molecule has 3 N–H and O–H groups in total. The average molecular weight is 215 g/mol. The van der Waals surface area contributed by atoms with Crippen molar-refractivity contribution in [3.05, 3.63) is 41.5 Å². The maximum atomic E-state index is 3.46. The first-order valence-corrected chi connectivity index (χ1v) is 5.86. The van der Waals surface area contributed by atoms with Crippen molar-refractivity contribution in [2.45, 2.75) is 13.0 Å². The summed E-state index contributed by atoms with van der Waals surface area (Å²) in [5.41, 5.74) is 10.6. The predicted octanol–water partition coefficient (Wildman–Crippen LogP) is 1.82. The molecule has 1 aromatic rings. The molecule has 0 saturated carbocycles. The molecule has 2 atom stereocenters. The Hall–Kier alpha value is -1.32. The molecule has 0 radical (unpaired) electrons. The van der Waals surface area contributed by atoms with Crippen molar-refractivity contribution in [2.75, 3.05) is 18.5 Å². The second kappa shape index (κ2) is 3.92. The van der Waals surface area contributed by atoms with Crippen LogP contribution in [0.2, 0.25) is 0 Å². The van der Waals surface area contributed by atoms with Gasteiger partial charge in [0.1, 0.15) is 0 Å².